The fourth-order valence-electron chi connectivity index (χ4n) is 1.70. The van der Waals surface area contributed by atoms with Gasteiger partial charge in [0.05, 0.1) is 5.56 Å². The molecule has 1 nitrogen and oxygen atoms in total. The first-order chi connectivity index (χ1) is 8.77. The third-order valence-electron chi connectivity index (χ3n) is 2.59. The molecule has 1 aromatic heterocycles. The Morgan fingerprint density at radius 2 is 1.84 bits per heavy atom. The van der Waals surface area contributed by atoms with Crippen molar-refractivity contribution in [2.75, 3.05) is 0 Å². The van der Waals surface area contributed by atoms with Crippen molar-refractivity contribution in [1.82, 2.24) is 0 Å². The Morgan fingerprint density at radius 1 is 1.16 bits per heavy atom. The number of halogens is 4. The molecule has 2 aromatic rings. The van der Waals surface area contributed by atoms with E-state index in [4.69, 9.17) is 0 Å². The molecule has 0 aliphatic heterocycles. The van der Waals surface area contributed by atoms with Crippen molar-refractivity contribution in [3.63, 3.8) is 0 Å². The Bertz CT molecular complexity index is 589. The number of alkyl halides is 3. The Hall–Kier alpha value is -1.40. The molecule has 102 valence electrons. The van der Waals surface area contributed by atoms with Crippen LogP contribution in [0.15, 0.2) is 30.3 Å². The summed E-state index contributed by atoms with van der Waals surface area (Å²) < 4.78 is 50.9. The standard InChI is InChI=1S/C13H10F4OS/c1-7-2-3-11(19-7)12(18)8-4-9(13(15,16)17)6-10(14)5-8/h2-6,12,18H,1H3. The van der Waals surface area contributed by atoms with Gasteiger partial charge in [0.15, 0.2) is 0 Å². The summed E-state index contributed by atoms with van der Waals surface area (Å²) in [5.74, 6) is -1.02. The summed E-state index contributed by atoms with van der Waals surface area (Å²) in [5.41, 5.74) is -1.20. The summed E-state index contributed by atoms with van der Waals surface area (Å²) in [6.07, 6.45) is -5.89. The summed E-state index contributed by atoms with van der Waals surface area (Å²) in [4.78, 5) is 1.40. The molecule has 6 heteroatoms. The summed E-state index contributed by atoms with van der Waals surface area (Å²) in [6.45, 7) is 1.81. The van der Waals surface area contributed by atoms with Crippen molar-refractivity contribution < 1.29 is 22.7 Å². The van der Waals surface area contributed by atoms with Crippen LogP contribution in [0.2, 0.25) is 0 Å². The normalized spacial score (nSPS) is 13.6. The van der Waals surface area contributed by atoms with Crippen LogP contribution in [0.1, 0.15) is 27.0 Å². The number of benzene rings is 1. The van der Waals surface area contributed by atoms with E-state index in [1.165, 1.54) is 11.3 Å². The molecule has 1 unspecified atom stereocenters. The van der Waals surface area contributed by atoms with Crippen molar-refractivity contribution in [2.45, 2.75) is 19.2 Å². The Kier molecular flexibility index (Phi) is 3.64. The summed E-state index contributed by atoms with van der Waals surface area (Å²) in [6, 6.07) is 5.45. The molecule has 0 aliphatic carbocycles. The SMILES string of the molecule is Cc1ccc(C(O)c2cc(F)cc(C(F)(F)F)c2)s1. The Balaban J connectivity index is 2.42. The highest BCUT2D eigenvalue weighted by molar-refractivity contribution is 7.12. The lowest BCUT2D eigenvalue weighted by Crippen LogP contribution is -2.08. The van der Waals surface area contributed by atoms with Gasteiger partial charge in [-0.1, -0.05) is 0 Å². The van der Waals surface area contributed by atoms with E-state index in [0.29, 0.717) is 10.9 Å². The van der Waals surface area contributed by atoms with Gasteiger partial charge in [0.2, 0.25) is 0 Å². The molecule has 2 rings (SSSR count). The first-order valence-electron chi connectivity index (χ1n) is 5.39. The maximum Gasteiger partial charge on any atom is 0.416 e. The second kappa shape index (κ2) is 4.94. The number of aliphatic hydroxyl groups excluding tert-OH is 1. The molecule has 0 radical (unpaired) electrons. The summed E-state index contributed by atoms with van der Waals surface area (Å²) in [7, 11) is 0. The fourth-order valence-corrected chi connectivity index (χ4v) is 2.59. The van der Waals surface area contributed by atoms with Gasteiger partial charge in [-0.05, 0) is 42.8 Å². The summed E-state index contributed by atoms with van der Waals surface area (Å²) in [5, 5.41) is 10.00. The van der Waals surface area contributed by atoms with Gasteiger partial charge < -0.3 is 5.11 Å². The van der Waals surface area contributed by atoms with Gasteiger partial charge >= 0.3 is 6.18 Å². The number of rotatable bonds is 2. The first-order valence-corrected chi connectivity index (χ1v) is 6.21. The van der Waals surface area contributed by atoms with E-state index in [1.54, 1.807) is 12.1 Å². The number of aryl methyl sites for hydroxylation is 1. The molecule has 0 amide bonds. The van der Waals surface area contributed by atoms with Gasteiger partial charge in [0.1, 0.15) is 11.9 Å². The van der Waals surface area contributed by atoms with E-state index in [0.717, 1.165) is 17.0 Å². The average Bonchev–Trinajstić information content (AvgIpc) is 2.73. The van der Waals surface area contributed by atoms with Crippen LogP contribution < -0.4 is 0 Å². The molecule has 1 heterocycles. The maximum atomic E-state index is 13.2. The van der Waals surface area contributed by atoms with E-state index >= 15 is 0 Å². The van der Waals surface area contributed by atoms with Crippen LogP contribution >= 0.6 is 11.3 Å². The van der Waals surface area contributed by atoms with Gasteiger partial charge in [0.25, 0.3) is 0 Å². The van der Waals surface area contributed by atoms with Crippen LogP contribution in [-0.4, -0.2) is 5.11 Å². The highest BCUT2D eigenvalue weighted by Crippen LogP contribution is 2.34. The Morgan fingerprint density at radius 3 is 2.37 bits per heavy atom. The lowest BCUT2D eigenvalue weighted by Gasteiger charge is -2.13. The van der Waals surface area contributed by atoms with E-state index in [2.05, 4.69) is 0 Å². The lowest BCUT2D eigenvalue weighted by atomic mass is 10.0. The molecule has 1 N–H and O–H groups in total. The predicted octanol–water partition coefficient (Wildman–Crippen LogP) is 4.30. The van der Waals surface area contributed by atoms with E-state index < -0.39 is 23.7 Å². The van der Waals surface area contributed by atoms with Gasteiger partial charge in [-0.15, -0.1) is 11.3 Å². The molecule has 1 atom stereocenters. The molecule has 0 saturated carbocycles. The van der Waals surface area contributed by atoms with Crippen molar-refractivity contribution >= 4 is 11.3 Å². The van der Waals surface area contributed by atoms with E-state index in [1.807, 2.05) is 6.92 Å². The van der Waals surface area contributed by atoms with E-state index in [-0.39, 0.29) is 5.56 Å². The molecule has 1 aromatic carbocycles. The minimum atomic E-state index is -4.64. The van der Waals surface area contributed by atoms with Crippen LogP contribution in [0.25, 0.3) is 0 Å². The van der Waals surface area contributed by atoms with E-state index in [9.17, 15) is 22.7 Å². The minimum absolute atomic E-state index is 0.103. The average molecular weight is 290 g/mol. The van der Waals surface area contributed by atoms with Crippen LogP contribution in [0.4, 0.5) is 17.6 Å². The smallest absolute Gasteiger partial charge is 0.383 e. The third kappa shape index (κ3) is 3.13. The van der Waals surface area contributed by atoms with Crippen LogP contribution in [0.5, 0.6) is 0 Å². The quantitative estimate of drug-likeness (QED) is 0.818. The van der Waals surface area contributed by atoms with Gasteiger partial charge in [-0.3, -0.25) is 0 Å². The Labute approximate surface area is 111 Å². The molecule has 0 bridgehead atoms. The zero-order valence-corrected chi connectivity index (χ0v) is 10.6. The number of hydrogen-bond donors (Lipinski definition) is 1. The molecular weight excluding hydrogens is 280 g/mol. The third-order valence-corrected chi connectivity index (χ3v) is 3.65. The molecule has 0 fully saturated rings. The second-order valence-corrected chi connectivity index (χ2v) is 5.44. The zero-order valence-electron chi connectivity index (χ0n) is 9.83. The highest BCUT2D eigenvalue weighted by atomic mass is 32.1. The number of hydrogen-bond acceptors (Lipinski definition) is 2. The highest BCUT2D eigenvalue weighted by Gasteiger charge is 2.32. The van der Waals surface area contributed by atoms with Crippen LogP contribution in [0.3, 0.4) is 0 Å². The topological polar surface area (TPSA) is 20.2 Å². The molecule has 0 spiro atoms. The van der Waals surface area contributed by atoms with Gasteiger partial charge in [-0.2, -0.15) is 13.2 Å². The van der Waals surface area contributed by atoms with Crippen molar-refractivity contribution in [1.29, 1.82) is 0 Å². The molecule has 19 heavy (non-hydrogen) atoms. The monoisotopic (exact) mass is 290 g/mol. The maximum absolute atomic E-state index is 13.2. The van der Waals surface area contributed by atoms with Gasteiger partial charge in [-0.25, -0.2) is 4.39 Å². The summed E-state index contributed by atoms with van der Waals surface area (Å²) >= 11 is 1.26. The second-order valence-electron chi connectivity index (χ2n) is 4.12. The zero-order chi connectivity index (χ0) is 14.2. The van der Waals surface area contributed by atoms with Crippen LogP contribution in [0, 0.1) is 12.7 Å². The van der Waals surface area contributed by atoms with Crippen LogP contribution in [-0.2, 0) is 6.18 Å². The molecular formula is C13H10F4OS. The minimum Gasteiger partial charge on any atom is -0.383 e. The fraction of sp³-hybridized carbons (Fsp3) is 0.231. The first kappa shape index (κ1) is 14.0. The predicted molar refractivity (Wildman–Crippen MR) is 64.5 cm³/mol. The number of aliphatic hydroxyl groups is 1. The number of thiophene rings is 1. The molecule has 0 aliphatic rings. The van der Waals surface area contributed by atoms with Gasteiger partial charge in [0, 0.05) is 9.75 Å². The van der Waals surface area contributed by atoms with Crippen molar-refractivity contribution in [3.05, 3.63) is 57.0 Å². The largest absolute Gasteiger partial charge is 0.416 e. The van der Waals surface area contributed by atoms with Crippen molar-refractivity contribution in [2.24, 2.45) is 0 Å². The van der Waals surface area contributed by atoms with Crippen molar-refractivity contribution in [3.8, 4) is 0 Å². The molecule has 0 saturated heterocycles. The lowest BCUT2D eigenvalue weighted by molar-refractivity contribution is -0.137.